The molecule has 3 aromatic rings. The summed E-state index contributed by atoms with van der Waals surface area (Å²) < 4.78 is 1.72. The van der Waals surface area contributed by atoms with Crippen LogP contribution >= 0.6 is 0 Å². The van der Waals surface area contributed by atoms with Crippen molar-refractivity contribution in [3.05, 3.63) is 73.6 Å². The van der Waals surface area contributed by atoms with E-state index in [0.717, 1.165) is 17.5 Å². The lowest BCUT2D eigenvalue weighted by Gasteiger charge is -2.32. The van der Waals surface area contributed by atoms with Gasteiger partial charge in [-0.3, -0.25) is 14.4 Å². The molecule has 8 heteroatoms. The van der Waals surface area contributed by atoms with Gasteiger partial charge in [0.05, 0.1) is 6.33 Å². The maximum absolute atomic E-state index is 12.1. The first kappa shape index (κ1) is 17.0. The number of fused-ring (bicyclic) bond motifs is 1. The molecule has 1 aliphatic rings. The van der Waals surface area contributed by atoms with Crippen molar-refractivity contribution in [3.63, 3.8) is 0 Å². The fraction of sp³-hybridized carbons (Fsp3) is 0.263. The Bertz CT molecular complexity index is 1110. The van der Waals surface area contributed by atoms with Gasteiger partial charge in [0, 0.05) is 32.9 Å². The van der Waals surface area contributed by atoms with Crippen LogP contribution in [0, 0.1) is 0 Å². The Hall–Kier alpha value is -3.42. The molecule has 1 amide bonds. The summed E-state index contributed by atoms with van der Waals surface area (Å²) in [5.74, 6) is -0.230. The summed E-state index contributed by atoms with van der Waals surface area (Å²) in [4.78, 5) is 41.2. The number of hydrogen-bond acceptors (Lipinski definition) is 6. The van der Waals surface area contributed by atoms with Crippen LogP contribution in [-0.4, -0.2) is 22.0 Å². The fourth-order valence-corrected chi connectivity index (χ4v) is 3.43. The summed E-state index contributed by atoms with van der Waals surface area (Å²) in [6.45, 7) is 1.55. The first-order chi connectivity index (χ1) is 12.9. The number of rotatable bonds is 4. The van der Waals surface area contributed by atoms with E-state index in [1.54, 1.807) is 17.1 Å². The van der Waals surface area contributed by atoms with Gasteiger partial charge in [0.15, 0.2) is 0 Å². The number of nitrogen functional groups attached to an aromatic ring is 1. The molecule has 0 bridgehead atoms. The molecule has 0 aliphatic carbocycles. The van der Waals surface area contributed by atoms with Crippen LogP contribution in [0.5, 0.6) is 0 Å². The second-order valence-corrected chi connectivity index (χ2v) is 6.80. The molecular weight excluding hydrogens is 346 g/mol. The van der Waals surface area contributed by atoms with Gasteiger partial charge in [0.2, 0.25) is 0 Å². The first-order valence-electron chi connectivity index (χ1n) is 8.64. The number of imidazole rings is 1. The van der Waals surface area contributed by atoms with Gasteiger partial charge in [-0.2, -0.15) is 0 Å². The molecule has 0 saturated carbocycles. The number of nitrogens with zero attached hydrogens (tertiary/aromatic N) is 3. The Morgan fingerprint density at radius 1 is 1.26 bits per heavy atom. The van der Waals surface area contributed by atoms with Crippen LogP contribution in [0.4, 0.5) is 11.4 Å². The van der Waals surface area contributed by atoms with Crippen molar-refractivity contribution >= 4 is 17.3 Å². The molecule has 0 spiro atoms. The molecule has 4 rings (SSSR count). The number of aromatic nitrogens is 2. The van der Waals surface area contributed by atoms with Crippen LogP contribution in [0.2, 0.25) is 0 Å². The standard InChI is InChI=1S/C19H19N5O3/c1-23-9-14(22-10-23)19(27)21-7-11-2-3-12-4-5-24(8-13(12)6-11)16-15(20)17(25)18(16)26/h2-3,6,9-10H,4-5,7-8,20H2,1H3,(H,21,27). The molecule has 2 aromatic carbocycles. The van der Waals surface area contributed by atoms with Gasteiger partial charge >= 0.3 is 0 Å². The highest BCUT2D eigenvalue weighted by Gasteiger charge is 2.26. The number of anilines is 2. The summed E-state index contributed by atoms with van der Waals surface area (Å²) in [5.41, 5.74) is 8.57. The number of benzene rings is 1. The maximum Gasteiger partial charge on any atom is 0.271 e. The zero-order chi connectivity index (χ0) is 19.1. The molecule has 0 saturated heterocycles. The summed E-state index contributed by atoms with van der Waals surface area (Å²) in [7, 11) is 1.81. The van der Waals surface area contributed by atoms with Crippen LogP contribution in [0.25, 0.3) is 0 Å². The number of hydrogen-bond donors (Lipinski definition) is 2. The Morgan fingerprint density at radius 3 is 2.78 bits per heavy atom. The molecule has 138 valence electrons. The Balaban J connectivity index is 1.47. The van der Waals surface area contributed by atoms with Crippen molar-refractivity contribution in [1.29, 1.82) is 0 Å². The quantitative estimate of drug-likeness (QED) is 0.634. The maximum atomic E-state index is 12.1. The van der Waals surface area contributed by atoms with Crippen LogP contribution in [0.1, 0.15) is 27.2 Å². The number of aryl methyl sites for hydroxylation is 1. The molecule has 0 fully saturated rings. The molecule has 2 heterocycles. The average molecular weight is 365 g/mol. The Labute approximate surface area is 154 Å². The van der Waals surface area contributed by atoms with E-state index >= 15 is 0 Å². The summed E-state index contributed by atoms with van der Waals surface area (Å²) >= 11 is 0. The van der Waals surface area contributed by atoms with Gasteiger partial charge in [0.1, 0.15) is 17.1 Å². The van der Waals surface area contributed by atoms with E-state index in [-0.39, 0.29) is 11.6 Å². The number of nitrogens with two attached hydrogens (primary N) is 1. The van der Waals surface area contributed by atoms with E-state index in [2.05, 4.69) is 10.3 Å². The third-order valence-electron chi connectivity index (χ3n) is 4.91. The highest BCUT2D eigenvalue weighted by molar-refractivity contribution is 5.91. The number of amides is 1. The van der Waals surface area contributed by atoms with Gasteiger partial charge in [-0.15, -0.1) is 0 Å². The van der Waals surface area contributed by atoms with Crippen molar-refractivity contribution in [2.45, 2.75) is 19.5 Å². The van der Waals surface area contributed by atoms with Crippen LogP contribution < -0.4 is 26.8 Å². The van der Waals surface area contributed by atoms with E-state index in [1.165, 1.54) is 5.56 Å². The number of carbonyl (C=O) groups is 1. The predicted molar refractivity (Wildman–Crippen MR) is 101 cm³/mol. The predicted octanol–water partition coefficient (Wildman–Crippen LogP) is 0.0910. The van der Waals surface area contributed by atoms with Crippen molar-refractivity contribution < 1.29 is 4.79 Å². The second kappa shape index (κ2) is 6.39. The molecule has 3 N–H and O–H groups in total. The van der Waals surface area contributed by atoms with Crippen LogP contribution in [0.15, 0.2) is 40.3 Å². The van der Waals surface area contributed by atoms with Crippen LogP contribution in [-0.2, 0) is 26.6 Å². The number of carbonyl (C=O) groups excluding carboxylic acids is 1. The van der Waals surface area contributed by atoms with E-state index in [0.29, 0.717) is 31.0 Å². The second-order valence-electron chi connectivity index (χ2n) is 6.80. The van der Waals surface area contributed by atoms with Crippen molar-refractivity contribution in [1.82, 2.24) is 14.9 Å². The number of nitrogens with one attached hydrogen (secondary N) is 1. The zero-order valence-electron chi connectivity index (χ0n) is 14.9. The SMILES string of the molecule is Cn1cnc(C(=O)NCc2ccc3c(c2)CN(c2c(N)c(=O)c2=O)CC3)c1. The molecule has 0 radical (unpaired) electrons. The molecular formula is C19H19N5O3. The molecule has 1 aromatic heterocycles. The van der Waals surface area contributed by atoms with Gasteiger partial charge in [-0.25, -0.2) is 4.98 Å². The molecule has 0 unspecified atom stereocenters. The minimum absolute atomic E-state index is 0.0576. The van der Waals surface area contributed by atoms with E-state index < -0.39 is 10.9 Å². The lowest BCUT2D eigenvalue weighted by Crippen LogP contribution is -2.44. The van der Waals surface area contributed by atoms with E-state index in [9.17, 15) is 14.4 Å². The van der Waals surface area contributed by atoms with Gasteiger partial charge in [-0.1, -0.05) is 18.2 Å². The van der Waals surface area contributed by atoms with E-state index in [1.807, 2.05) is 30.1 Å². The third kappa shape index (κ3) is 2.99. The smallest absolute Gasteiger partial charge is 0.271 e. The van der Waals surface area contributed by atoms with Gasteiger partial charge < -0.3 is 20.5 Å². The minimum Gasteiger partial charge on any atom is -0.394 e. The lowest BCUT2D eigenvalue weighted by molar-refractivity contribution is 0.0946. The average Bonchev–Trinajstić information content (AvgIpc) is 3.12. The van der Waals surface area contributed by atoms with E-state index in [4.69, 9.17) is 5.73 Å². The minimum atomic E-state index is -0.596. The molecule has 1 aliphatic heterocycles. The molecule has 0 atom stereocenters. The Kier molecular flexibility index (Phi) is 4.02. The van der Waals surface area contributed by atoms with Crippen molar-refractivity contribution in [2.75, 3.05) is 17.2 Å². The first-order valence-corrected chi connectivity index (χ1v) is 8.64. The van der Waals surface area contributed by atoms with Gasteiger partial charge in [-0.05, 0) is 23.1 Å². The van der Waals surface area contributed by atoms with Gasteiger partial charge in [0.25, 0.3) is 16.8 Å². The summed E-state index contributed by atoms with van der Waals surface area (Å²) in [6, 6.07) is 6.04. The normalized spacial score (nSPS) is 13.6. The molecule has 27 heavy (non-hydrogen) atoms. The fourth-order valence-electron chi connectivity index (χ4n) is 3.43. The molecule has 8 nitrogen and oxygen atoms in total. The third-order valence-corrected chi connectivity index (χ3v) is 4.91. The van der Waals surface area contributed by atoms with Crippen LogP contribution in [0.3, 0.4) is 0 Å². The highest BCUT2D eigenvalue weighted by Crippen LogP contribution is 2.26. The summed E-state index contributed by atoms with van der Waals surface area (Å²) in [5, 5.41) is 2.86. The Morgan fingerprint density at radius 2 is 2.07 bits per heavy atom. The van der Waals surface area contributed by atoms with Crippen molar-refractivity contribution in [3.8, 4) is 0 Å². The zero-order valence-corrected chi connectivity index (χ0v) is 14.9. The summed E-state index contributed by atoms with van der Waals surface area (Å²) in [6.07, 6.45) is 4.01. The highest BCUT2D eigenvalue weighted by atomic mass is 16.2. The lowest BCUT2D eigenvalue weighted by atomic mass is 9.96. The largest absolute Gasteiger partial charge is 0.394 e. The van der Waals surface area contributed by atoms with Crippen molar-refractivity contribution in [2.24, 2.45) is 7.05 Å². The monoisotopic (exact) mass is 365 g/mol. The topological polar surface area (TPSA) is 110 Å².